The van der Waals surface area contributed by atoms with Gasteiger partial charge in [0.1, 0.15) is 5.69 Å². The molecular formula is C11H15N3O4S2. The largest absolute Gasteiger partial charge is 0.383 e. The molecule has 1 heterocycles. The topological polar surface area (TPSA) is 92.6 Å². The number of nitrogens with zero attached hydrogens (tertiary/aromatic N) is 2. The van der Waals surface area contributed by atoms with Crippen molar-refractivity contribution < 1.29 is 13.3 Å². The monoisotopic (exact) mass is 317 g/mol. The molecule has 1 aliphatic heterocycles. The number of nitro groups is 1. The molecule has 0 bridgehead atoms. The van der Waals surface area contributed by atoms with E-state index in [9.17, 15) is 18.5 Å². The lowest BCUT2D eigenvalue weighted by atomic mass is 10.3. The Bertz CT molecular complexity index is 612. The Hall–Kier alpha value is -1.32. The second kappa shape index (κ2) is 5.98. The van der Waals surface area contributed by atoms with Crippen molar-refractivity contribution in [3.05, 3.63) is 28.3 Å². The zero-order valence-corrected chi connectivity index (χ0v) is 12.5. The van der Waals surface area contributed by atoms with E-state index in [4.69, 9.17) is 0 Å². The number of anilines is 1. The Morgan fingerprint density at radius 2 is 2.00 bits per heavy atom. The summed E-state index contributed by atoms with van der Waals surface area (Å²) in [5, 5.41) is 13.5. The van der Waals surface area contributed by atoms with Crippen molar-refractivity contribution in [3.63, 3.8) is 0 Å². The molecule has 0 spiro atoms. The van der Waals surface area contributed by atoms with E-state index < -0.39 is 14.9 Å². The summed E-state index contributed by atoms with van der Waals surface area (Å²) in [7, 11) is -2.06. The highest BCUT2D eigenvalue weighted by Gasteiger charge is 2.27. The molecule has 1 aromatic carbocycles. The van der Waals surface area contributed by atoms with Crippen LogP contribution in [-0.2, 0) is 10.0 Å². The van der Waals surface area contributed by atoms with Gasteiger partial charge >= 0.3 is 0 Å². The molecule has 9 heteroatoms. The van der Waals surface area contributed by atoms with Crippen LogP contribution < -0.4 is 5.32 Å². The second-order valence-electron chi connectivity index (χ2n) is 4.20. The Kier molecular flexibility index (Phi) is 4.51. The van der Waals surface area contributed by atoms with E-state index in [1.165, 1.54) is 29.6 Å². The number of nitro benzene ring substituents is 1. The molecule has 1 aromatic rings. The zero-order chi connectivity index (χ0) is 14.8. The minimum atomic E-state index is -3.58. The molecule has 1 aliphatic rings. The number of thioether (sulfide) groups is 1. The molecule has 0 unspecified atom stereocenters. The van der Waals surface area contributed by atoms with Gasteiger partial charge in [-0.2, -0.15) is 16.1 Å². The molecule has 110 valence electrons. The van der Waals surface area contributed by atoms with Gasteiger partial charge in [-0.1, -0.05) is 0 Å². The summed E-state index contributed by atoms with van der Waals surface area (Å²) in [6.07, 6.45) is 0. The Balaban J connectivity index is 2.39. The molecule has 0 atom stereocenters. The molecular weight excluding hydrogens is 302 g/mol. The maximum Gasteiger partial charge on any atom is 0.292 e. The molecule has 20 heavy (non-hydrogen) atoms. The maximum absolute atomic E-state index is 12.5. The van der Waals surface area contributed by atoms with Crippen LogP contribution in [-0.4, -0.2) is 49.3 Å². The first kappa shape index (κ1) is 15.1. The molecule has 0 amide bonds. The lowest BCUT2D eigenvalue weighted by Crippen LogP contribution is -2.37. The highest BCUT2D eigenvalue weighted by atomic mass is 32.2. The number of sulfonamides is 1. The van der Waals surface area contributed by atoms with E-state index in [1.54, 1.807) is 11.8 Å². The lowest BCUT2D eigenvalue weighted by molar-refractivity contribution is -0.384. The van der Waals surface area contributed by atoms with Crippen molar-refractivity contribution in [2.24, 2.45) is 0 Å². The third-order valence-corrected chi connectivity index (χ3v) is 5.88. The third kappa shape index (κ3) is 2.89. The van der Waals surface area contributed by atoms with E-state index in [1.807, 2.05) is 0 Å². The Labute approximate surface area is 121 Å². The van der Waals surface area contributed by atoms with Gasteiger partial charge in [0.25, 0.3) is 5.69 Å². The quantitative estimate of drug-likeness (QED) is 0.666. The number of hydrogen-bond donors (Lipinski definition) is 1. The first-order valence-corrected chi connectivity index (χ1v) is 8.60. The van der Waals surface area contributed by atoms with Crippen LogP contribution >= 0.6 is 11.8 Å². The van der Waals surface area contributed by atoms with Gasteiger partial charge in [-0.05, 0) is 12.1 Å². The number of rotatable bonds is 4. The van der Waals surface area contributed by atoms with Crippen LogP contribution in [0.15, 0.2) is 23.1 Å². The minimum absolute atomic E-state index is 0.0827. The van der Waals surface area contributed by atoms with Gasteiger partial charge in [-0.25, -0.2) is 8.42 Å². The van der Waals surface area contributed by atoms with E-state index in [0.29, 0.717) is 13.1 Å². The Morgan fingerprint density at radius 3 is 2.55 bits per heavy atom. The van der Waals surface area contributed by atoms with Gasteiger partial charge in [0.15, 0.2) is 0 Å². The SMILES string of the molecule is CNc1cc(S(=O)(=O)N2CCSCC2)ccc1[N+](=O)[O-]. The molecule has 1 N–H and O–H groups in total. The third-order valence-electron chi connectivity index (χ3n) is 3.04. The highest BCUT2D eigenvalue weighted by molar-refractivity contribution is 7.99. The average molecular weight is 317 g/mol. The number of nitrogens with one attached hydrogen (secondary N) is 1. The van der Waals surface area contributed by atoms with Crippen molar-refractivity contribution in [1.82, 2.24) is 4.31 Å². The summed E-state index contributed by atoms with van der Waals surface area (Å²) in [5.41, 5.74) is 0.0584. The standard InChI is InChI=1S/C11H15N3O4S2/c1-12-10-8-9(2-3-11(10)14(15)16)20(17,18)13-4-6-19-7-5-13/h2-3,8,12H,4-7H2,1H3. The fourth-order valence-electron chi connectivity index (χ4n) is 1.97. The Morgan fingerprint density at radius 1 is 1.35 bits per heavy atom. The normalized spacial score (nSPS) is 16.9. The van der Waals surface area contributed by atoms with Crippen LogP contribution in [0.3, 0.4) is 0 Å². The molecule has 0 aromatic heterocycles. The second-order valence-corrected chi connectivity index (χ2v) is 7.37. The fraction of sp³-hybridized carbons (Fsp3) is 0.455. The molecule has 0 saturated carbocycles. The maximum atomic E-state index is 12.5. The lowest BCUT2D eigenvalue weighted by Gasteiger charge is -2.25. The summed E-state index contributed by atoms with van der Waals surface area (Å²) in [4.78, 5) is 10.4. The highest BCUT2D eigenvalue weighted by Crippen LogP contribution is 2.29. The first-order chi connectivity index (χ1) is 9.46. The van der Waals surface area contributed by atoms with Gasteiger partial charge in [0.2, 0.25) is 10.0 Å². The van der Waals surface area contributed by atoms with Crippen molar-refractivity contribution in [1.29, 1.82) is 0 Å². The van der Waals surface area contributed by atoms with E-state index >= 15 is 0 Å². The molecule has 1 saturated heterocycles. The summed E-state index contributed by atoms with van der Waals surface area (Å²) >= 11 is 1.72. The number of hydrogen-bond acceptors (Lipinski definition) is 6. The van der Waals surface area contributed by atoms with E-state index in [2.05, 4.69) is 5.32 Å². The van der Waals surface area contributed by atoms with Crippen LogP contribution in [0.4, 0.5) is 11.4 Å². The average Bonchev–Trinajstić information content (AvgIpc) is 2.47. The summed E-state index contributed by atoms with van der Waals surface area (Å²) in [5.74, 6) is 1.54. The van der Waals surface area contributed by atoms with Crippen LogP contribution in [0, 0.1) is 10.1 Å². The molecule has 0 radical (unpaired) electrons. The number of benzene rings is 1. The molecule has 2 rings (SSSR count). The van der Waals surface area contributed by atoms with Crippen LogP contribution in [0.25, 0.3) is 0 Å². The minimum Gasteiger partial charge on any atom is -0.383 e. The summed E-state index contributed by atoms with van der Waals surface area (Å²) in [6.45, 7) is 0.942. The molecule has 0 aliphatic carbocycles. The van der Waals surface area contributed by atoms with Gasteiger partial charge in [-0.3, -0.25) is 10.1 Å². The fourth-order valence-corrected chi connectivity index (χ4v) is 4.57. The predicted molar refractivity (Wildman–Crippen MR) is 78.7 cm³/mol. The van der Waals surface area contributed by atoms with Gasteiger partial charge < -0.3 is 5.32 Å². The van der Waals surface area contributed by atoms with Gasteiger partial charge in [0, 0.05) is 37.7 Å². The van der Waals surface area contributed by atoms with Crippen LogP contribution in [0.5, 0.6) is 0 Å². The van der Waals surface area contributed by atoms with Crippen LogP contribution in [0.1, 0.15) is 0 Å². The predicted octanol–water partition coefficient (Wildman–Crippen LogP) is 1.37. The van der Waals surface area contributed by atoms with E-state index in [-0.39, 0.29) is 16.3 Å². The summed E-state index contributed by atoms with van der Waals surface area (Å²) in [6, 6.07) is 3.82. The first-order valence-electron chi connectivity index (χ1n) is 6.01. The van der Waals surface area contributed by atoms with Gasteiger partial charge in [-0.15, -0.1) is 0 Å². The van der Waals surface area contributed by atoms with Crippen molar-refractivity contribution in [2.75, 3.05) is 37.0 Å². The van der Waals surface area contributed by atoms with E-state index in [0.717, 1.165) is 11.5 Å². The van der Waals surface area contributed by atoms with Gasteiger partial charge in [0.05, 0.1) is 9.82 Å². The molecule has 7 nitrogen and oxygen atoms in total. The van der Waals surface area contributed by atoms with Crippen LogP contribution in [0.2, 0.25) is 0 Å². The summed E-state index contributed by atoms with van der Waals surface area (Å²) < 4.78 is 26.3. The smallest absolute Gasteiger partial charge is 0.292 e. The van der Waals surface area contributed by atoms with Crippen molar-refractivity contribution in [3.8, 4) is 0 Å². The zero-order valence-electron chi connectivity index (χ0n) is 10.9. The van der Waals surface area contributed by atoms with Crippen molar-refractivity contribution >= 4 is 33.2 Å². The molecule has 1 fully saturated rings. The van der Waals surface area contributed by atoms with Crippen molar-refractivity contribution in [2.45, 2.75) is 4.90 Å².